The average molecular weight is 494 g/mol. The molecule has 4 aromatic heterocycles. The molecule has 0 spiro atoms. The number of nitrogens with zero attached hydrogens (tertiary/aromatic N) is 5. The topological polar surface area (TPSA) is 92.0 Å². The van der Waals surface area contributed by atoms with Gasteiger partial charge in [0, 0.05) is 10.4 Å². The molecule has 0 aliphatic carbocycles. The molecule has 0 radical (unpaired) electrons. The molecule has 4 heterocycles. The molecule has 0 saturated carbocycles. The minimum absolute atomic E-state index is 0.479. The van der Waals surface area contributed by atoms with Crippen LogP contribution in [-0.4, -0.2) is 32.1 Å². The van der Waals surface area contributed by atoms with Gasteiger partial charge in [0.05, 0.1) is 30.5 Å². The van der Waals surface area contributed by atoms with Gasteiger partial charge in [-0.2, -0.15) is 0 Å². The summed E-state index contributed by atoms with van der Waals surface area (Å²) in [5.74, 6) is 3.87. The molecule has 34 heavy (non-hydrogen) atoms. The van der Waals surface area contributed by atoms with Crippen molar-refractivity contribution in [3.05, 3.63) is 70.8 Å². The van der Waals surface area contributed by atoms with E-state index >= 15 is 0 Å². The third-order valence-corrected chi connectivity index (χ3v) is 7.60. The van der Waals surface area contributed by atoms with E-state index in [0.717, 1.165) is 39.4 Å². The summed E-state index contributed by atoms with van der Waals surface area (Å²) in [6.45, 7) is 4.76. The molecule has 0 bridgehead atoms. The summed E-state index contributed by atoms with van der Waals surface area (Å²) in [6.07, 6.45) is 2.65. The number of aromatic nitrogens is 5. The summed E-state index contributed by atoms with van der Waals surface area (Å²) in [6, 6.07) is 13.7. The summed E-state index contributed by atoms with van der Waals surface area (Å²) in [5.41, 5.74) is 2.16. The highest BCUT2D eigenvalue weighted by Gasteiger charge is 2.18. The highest BCUT2D eigenvalue weighted by Crippen LogP contribution is 2.32. The second kappa shape index (κ2) is 9.86. The predicted molar refractivity (Wildman–Crippen MR) is 131 cm³/mol. The molecule has 0 unspecified atom stereocenters. The third kappa shape index (κ3) is 4.64. The largest absolute Gasteiger partial charge is 0.497 e. The van der Waals surface area contributed by atoms with E-state index in [-0.39, 0.29) is 0 Å². The number of thioether (sulfide) groups is 1. The Labute approximate surface area is 205 Å². The van der Waals surface area contributed by atoms with Crippen molar-refractivity contribution in [2.24, 2.45) is 0 Å². The van der Waals surface area contributed by atoms with Gasteiger partial charge in [0.15, 0.2) is 11.0 Å². The Morgan fingerprint density at radius 1 is 1.09 bits per heavy atom. The van der Waals surface area contributed by atoms with Gasteiger partial charge in [0.1, 0.15) is 11.5 Å². The Kier molecular flexibility index (Phi) is 6.50. The van der Waals surface area contributed by atoms with E-state index in [4.69, 9.17) is 13.6 Å². The number of ether oxygens (including phenoxy) is 1. The van der Waals surface area contributed by atoms with Crippen LogP contribution in [0.15, 0.2) is 62.7 Å². The zero-order valence-electron chi connectivity index (χ0n) is 19.0. The predicted octanol–water partition coefficient (Wildman–Crippen LogP) is 5.87. The van der Waals surface area contributed by atoms with Crippen molar-refractivity contribution in [3.8, 4) is 27.9 Å². The Morgan fingerprint density at radius 2 is 2.00 bits per heavy atom. The highest BCUT2D eigenvalue weighted by molar-refractivity contribution is 7.98. The smallest absolute Gasteiger partial charge is 0.257 e. The number of furan rings is 1. The number of benzene rings is 1. The van der Waals surface area contributed by atoms with Crippen LogP contribution in [0, 0.1) is 6.92 Å². The van der Waals surface area contributed by atoms with Gasteiger partial charge >= 0.3 is 0 Å². The lowest BCUT2D eigenvalue weighted by Gasteiger charge is -2.09. The van der Waals surface area contributed by atoms with Gasteiger partial charge in [-0.25, -0.2) is 0 Å². The van der Waals surface area contributed by atoms with E-state index in [1.54, 1.807) is 24.7 Å². The van der Waals surface area contributed by atoms with E-state index in [9.17, 15) is 0 Å². The van der Waals surface area contributed by atoms with Crippen molar-refractivity contribution in [2.75, 3.05) is 7.11 Å². The van der Waals surface area contributed by atoms with Crippen LogP contribution in [0.2, 0.25) is 0 Å². The molecule has 0 N–H and O–H groups in total. The first-order valence-electron chi connectivity index (χ1n) is 10.8. The van der Waals surface area contributed by atoms with E-state index < -0.39 is 0 Å². The minimum atomic E-state index is 0.479. The summed E-state index contributed by atoms with van der Waals surface area (Å²) in [4.78, 5) is 2.33. The van der Waals surface area contributed by atoms with Crippen LogP contribution in [0.1, 0.15) is 29.0 Å². The quantitative estimate of drug-likeness (QED) is 0.235. The van der Waals surface area contributed by atoms with Crippen molar-refractivity contribution in [1.29, 1.82) is 0 Å². The van der Waals surface area contributed by atoms with Gasteiger partial charge in [-0.1, -0.05) is 30.8 Å². The summed E-state index contributed by atoms with van der Waals surface area (Å²) in [7, 11) is 1.65. The Bertz CT molecular complexity index is 1390. The zero-order valence-corrected chi connectivity index (χ0v) is 20.7. The maximum Gasteiger partial charge on any atom is 0.257 e. The molecule has 0 aliphatic heterocycles. The first kappa shape index (κ1) is 22.4. The molecule has 10 heteroatoms. The number of hydrogen-bond donors (Lipinski definition) is 0. The summed E-state index contributed by atoms with van der Waals surface area (Å²) < 4.78 is 18.9. The van der Waals surface area contributed by atoms with E-state index in [0.29, 0.717) is 24.1 Å². The number of aryl methyl sites for hydroxylation is 2. The normalized spacial score (nSPS) is 11.3. The maximum absolute atomic E-state index is 5.95. The molecular formula is C24H23N5O3S2. The minimum Gasteiger partial charge on any atom is -0.497 e. The van der Waals surface area contributed by atoms with E-state index in [2.05, 4.69) is 40.3 Å². The average Bonchev–Trinajstić information content (AvgIpc) is 3.65. The van der Waals surface area contributed by atoms with Gasteiger partial charge in [-0.05, 0) is 49.2 Å². The molecule has 0 fully saturated rings. The lowest BCUT2D eigenvalue weighted by atomic mass is 10.2. The van der Waals surface area contributed by atoms with Gasteiger partial charge in [-0.3, -0.25) is 4.57 Å². The molecule has 5 rings (SSSR count). The Balaban J connectivity index is 1.39. The van der Waals surface area contributed by atoms with Crippen LogP contribution in [-0.2, 0) is 18.7 Å². The lowest BCUT2D eigenvalue weighted by molar-refractivity contribution is 0.415. The fraction of sp³-hybridized carbons (Fsp3) is 0.250. The van der Waals surface area contributed by atoms with Crippen LogP contribution in [0.25, 0.3) is 22.2 Å². The zero-order chi connectivity index (χ0) is 23.5. The van der Waals surface area contributed by atoms with Crippen molar-refractivity contribution >= 4 is 23.1 Å². The molecule has 0 aliphatic rings. The third-order valence-electron chi connectivity index (χ3n) is 5.28. The molecule has 174 valence electrons. The molecule has 0 atom stereocenters. The van der Waals surface area contributed by atoms with Crippen molar-refractivity contribution in [3.63, 3.8) is 0 Å². The number of methoxy groups -OCH3 is 1. The van der Waals surface area contributed by atoms with Gasteiger partial charge in [0.25, 0.3) is 5.89 Å². The lowest BCUT2D eigenvalue weighted by Crippen LogP contribution is -2.03. The standard InChI is InChI=1S/C24H23N5O3S2/c1-4-19-15(2)11-20(34-19)23-27-25-21(32-23)14-33-24-28-26-22(16-7-5-8-17(12-16)30-3)29(24)13-18-9-6-10-31-18/h5-12H,4,13-14H2,1-3H3. The van der Waals surface area contributed by atoms with Crippen LogP contribution in [0.3, 0.4) is 0 Å². The Morgan fingerprint density at radius 3 is 2.76 bits per heavy atom. The fourth-order valence-corrected chi connectivity index (χ4v) is 5.40. The summed E-state index contributed by atoms with van der Waals surface area (Å²) >= 11 is 3.19. The first-order chi connectivity index (χ1) is 16.6. The number of thiophene rings is 1. The van der Waals surface area contributed by atoms with Gasteiger partial charge < -0.3 is 13.6 Å². The van der Waals surface area contributed by atoms with Crippen molar-refractivity contribution in [2.45, 2.75) is 37.7 Å². The van der Waals surface area contributed by atoms with Crippen molar-refractivity contribution < 1.29 is 13.6 Å². The molecular weight excluding hydrogens is 470 g/mol. The highest BCUT2D eigenvalue weighted by atomic mass is 32.2. The van der Waals surface area contributed by atoms with E-state index in [1.165, 1.54) is 22.2 Å². The van der Waals surface area contributed by atoms with Crippen molar-refractivity contribution in [1.82, 2.24) is 25.0 Å². The molecule has 0 amide bonds. The van der Waals surface area contributed by atoms with Crippen LogP contribution >= 0.6 is 23.1 Å². The molecule has 1 aromatic carbocycles. The van der Waals surface area contributed by atoms with Crippen LogP contribution in [0.5, 0.6) is 5.75 Å². The molecule has 0 saturated heterocycles. The van der Waals surface area contributed by atoms with Gasteiger partial charge in [-0.15, -0.1) is 31.7 Å². The number of rotatable bonds is 9. The monoisotopic (exact) mass is 493 g/mol. The van der Waals surface area contributed by atoms with Gasteiger partial charge in [0.2, 0.25) is 5.89 Å². The number of hydrogen-bond acceptors (Lipinski definition) is 9. The van der Waals surface area contributed by atoms with E-state index in [1.807, 2.05) is 41.0 Å². The molecule has 8 nitrogen and oxygen atoms in total. The summed E-state index contributed by atoms with van der Waals surface area (Å²) in [5, 5.41) is 18.1. The maximum atomic E-state index is 5.95. The van der Waals surface area contributed by atoms with Crippen LogP contribution in [0.4, 0.5) is 0 Å². The fourth-order valence-electron chi connectivity index (χ4n) is 3.59. The van der Waals surface area contributed by atoms with Crippen LogP contribution < -0.4 is 4.74 Å². The second-order valence-corrected chi connectivity index (χ2v) is 9.64. The Hall–Kier alpha value is -3.37. The molecule has 5 aromatic rings. The SMILES string of the molecule is CCc1sc(-c2nnc(CSc3nnc(-c4cccc(OC)c4)n3Cc3ccco3)o2)cc1C. The first-order valence-corrected chi connectivity index (χ1v) is 12.6. The second-order valence-electron chi connectivity index (χ2n) is 7.56.